The molecule has 0 amide bonds. The van der Waals surface area contributed by atoms with Crippen molar-refractivity contribution in [3.05, 3.63) is 35.7 Å². The van der Waals surface area contributed by atoms with Crippen molar-refractivity contribution < 1.29 is 0 Å². The van der Waals surface area contributed by atoms with Gasteiger partial charge in [0.15, 0.2) is 0 Å². The van der Waals surface area contributed by atoms with Crippen molar-refractivity contribution in [3.8, 4) is 0 Å². The summed E-state index contributed by atoms with van der Waals surface area (Å²) in [5.41, 5.74) is 2.36. The summed E-state index contributed by atoms with van der Waals surface area (Å²) in [4.78, 5) is 5.50. The van der Waals surface area contributed by atoms with Crippen LogP contribution in [0.5, 0.6) is 0 Å². The largest absolute Gasteiger partial charge is 0.260 e. The van der Waals surface area contributed by atoms with E-state index in [4.69, 9.17) is 0 Å². The van der Waals surface area contributed by atoms with Crippen LogP contribution in [0.25, 0.3) is 0 Å². The second-order valence-electron chi connectivity index (χ2n) is 2.83. The number of benzene rings is 1. The van der Waals surface area contributed by atoms with Gasteiger partial charge in [-0.2, -0.15) is 0 Å². The molecule has 0 saturated carbocycles. The Morgan fingerprint density at radius 2 is 2.29 bits per heavy atom. The van der Waals surface area contributed by atoms with Crippen molar-refractivity contribution >= 4 is 23.7 Å². The molecule has 0 N–H and O–H groups in total. The molecular formula is C12H15NS. The van der Waals surface area contributed by atoms with Gasteiger partial charge in [0.2, 0.25) is 0 Å². The highest BCUT2D eigenvalue weighted by Gasteiger charge is 2.00. The summed E-state index contributed by atoms with van der Waals surface area (Å²) in [5.74, 6) is 0. The van der Waals surface area contributed by atoms with E-state index in [-0.39, 0.29) is 0 Å². The number of thioether (sulfide) groups is 1. The van der Waals surface area contributed by atoms with E-state index in [2.05, 4.69) is 36.7 Å². The molecule has 0 aliphatic rings. The van der Waals surface area contributed by atoms with Crippen LogP contribution in [0.4, 0.5) is 5.69 Å². The zero-order chi connectivity index (χ0) is 10.4. The van der Waals surface area contributed by atoms with Crippen molar-refractivity contribution in [2.75, 3.05) is 0 Å². The first kappa shape index (κ1) is 11.1. The Kier molecular flexibility index (Phi) is 4.47. The Balaban J connectivity index is 3.09. The van der Waals surface area contributed by atoms with Crippen molar-refractivity contribution in [3.63, 3.8) is 0 Å². The van der Waals surface area contributed by atoms with Crippen LogP contribution in [0.3, 0.4) is 0 Å². The maximum Gasteiger partial charge on any atom is 0.0767 e. The monoisotopic (exact) mass is 205 g/mol. The van der Waals surface area contributed by atoms with Crippen LogP contribution in [0, 0.1) is 0 Å². The number of nitrogens with zero attached hydrogens (tertiary/aromatic N) is 1. The summed E-state index contributed by atoms with van der Waals surface area (Å²) in [7, 11) is 0. The van der Waals surface area contributed by atoms with Crippen LogP contribution in [0.1, 0.15) is 19.4 Å². The van der Waals surface area contributed by atoms with E-state index < -0.39 is 0 Å². The molecular weight excluding hydrogens is 190 g/mol. The fraction of sp³-hybridized carbons (Fsp3) is 0.250. The van der Waals surface area contributed by atoms with E-state index in [1.54, 1.807) is 11.8 Å². The van der Waals surface area contributed by atoms with E-state index in [1.165, 1.54) is 5.56 Å². The van der Waals surface area contributed by atoms with Crippen LogP contribution in [0.2, 0.25) is 0 Å². The fourth-order valence-corrected chi connectivity index (χ4v) is 1.77. The number of aryl methyl sites for hydroxylation is 1. The highest BCUT2D eigenvalue weighted by atomic mass is 32.2. The third kappa shape index (κ3) is 2.74. The van der Waals surface area contributed by atoms with Gasteiger partial charge in [-0.05, 0) is 36.4 Å². The van der Waals surface area contributed by atoms with Crippen LogP contribution in [-0.4, -0.2) is 6.21 Å². The van der Waals surface area contributed by atoms with Crippen molar-refractivity contribution in [1.82, 2.24) is 0 Å². The third-order valence-corrected chi connectivity index (χ3v) is 2.68. The van der Waals surface area contributed by atoms with E-state index >= 15 is 0 Å². The smallest absolute Gasteiger partial charge is 0.0767 e. The van der Waals surface area contributed by atoms with Crippen LogP contribution in [-0.2, 0) is 6.42 Å². The van der Waals surface area contributed by atoms with Gasteiger partial charge in [-0.3, -0.25) is 4.99 Å². The molecule has 0 bridgehead atoms. The lowest BCUT2D eigenvalue weighted by atomic mass is 10.1. The van der Waals surface area contributed by atoms with Crippen LogP contribution < -0.4 is 0 Å². The number of hydrogen-bond donors (Lipinski definition) is 0. The predicted octanol–water partition coefficient (Wildman–Crippen LogP) is 4.21. The number of rotatable bonds is 4. The van der Waals surface area contributed by atoms with Crippen molar-refractivity contribution in [1.29, 1.82) is 0 Å². The SMILES string of the molecule is C=CSc1ccc(CC)cc1N=CC. The molecule has 0 aromatic heterocycles. The molecule has 1 nitrogen and oxygen atoms in total. The minimum absolute atomic E-state index is 1.04. The quantitative estimate of drug-likeness (QED) is 0.530. The first-order valence-electron chi connectivity index (χ1n) is 4.71. The Morgan fingerprint density at radius 3 is 2.86 bits per heavy atom. The first-order chi connectivity index (χ1) is 6.81. The van der Waals surface area contributed by atoms with E-state index in [0.29, 0.717) is 0 Å². The summed E-state index contributed by atoms with van der Waals surface area (Å²) >= 11 is 1.61. The van der Waals surface area contributed by atoms with Gasteiger partial charge in [-0.15, -0.1) is 0 Å². The number of aliphatic imine (C=N–C) groups is 1. The highest BCUT2D eigenvalue weighted by Crippen LogP contribution is 2.30. The lowest BCUT2D eigenvalue weighted by Crippen LogP contribution is -1.80. The average molecular weight is 205 g/mol. The second kappa shape index (κ2) is 5.66. The summed E-state index contributed by atoms with van der Waals surface area (Å²) < 4.78 is 0. The lowest BCUT2D eigenvalue weighted by molar-refractivity contribution is 1.13. The Bertz CT molecular complexity index is 342. The molecule has 74 valence electrons. The normalized spacial score (nSPS) is 10.7. The van der Waals surface area contributed by atoms with Gasteiger partial charge >= 0.3 is 0 Å². The maximum atomic E-state index is 4.34. The molecule has 0 spiro atoms. The van der Waals surface area contributed by atoms with Crippen LogP contribution >= 0.6 is 11.8 Å². The maximum absolute atomic E-state index is 4.34. The van der Waals surface area contributed by atoms with Gasteiger partial charge in [0.05, 0.1) is 5.69 Å². The molecule has 0 aliphatic carbocycles. The van der Waals surface area contributed by atoms with Gasteiger partial charge < -0.3 is 0 Å². The topological polar surface area (TPSA) is 12.4 Å². The lowest BCUT2D eigenvalue weighted by Gasteiger charge is -2.04. The fourth-order valence-electron chi connectivity index (χ4n) is 1.21. The summed E-state index contributed by atoms with van der Waals surface area (Å²) in [6.07, 6.45) is 2.87. The van der Waals surface area contributed by atoms with E-state index in [1.807, 2.05) is 18.5 Å². The van der Waals surface area contributed by atoms with E-state index in [9.17, 15) is 0 Å². The van der Waals surface area contributed by atoms with Gasteiger partial charge in [-0.1, -0.05) is 31.3 Å². The molecule has 0 aliphatic heterocycles. The molecule has 14 heavy (non-hydrogen) atoms. The molecule has 1 aromatic carbocycles. The minimum Gasteiger partial charge on any atom is -0.260 e. The second-order valence-corrected chi connectivity index (χ2v) is 3.84. The first-order valence-corrected chi connectivity index (χ1v) is 5.59. The Labute approximate surface area is 89.9 Å². The van der Waals surface area contributed by atoms with Gasteiger partial charge in [0.25, 0.3) is 0 Å². The molecule has 0 fully saturated rings. The van der Waals surface area contributed by atoms with Crippen molar-refractivity contribution in [2.45, 2.75) is 25.2 Å². The van der Waals surface area contributed by atoms with Gasteiger partial charge in [0, 0.05) is 11.1 Å². The molecule has 0 saturated heterocycles. The van der Waals surface area contributed by atoms with Crippen LogP contribution in [0.15, 0.2) is 40.1 Å². The molecule has 0 radical (unpaired) electrons. The zero-order valence-electron chi connectivity index (χ0n) is 8.66. The molecule has 0 heterocycles. The summed E-state index contributed by atoms with van der Waals surface area (Å²) in [5, 5.41) is 1.83. The average Bonchev–Trinajstić information content (AvgIpc) is 2.21. The Hall–Kier alpha value is -1.02. The number of hydrogen-bond acceptors (Lipinski definition) is 2. The van der Waals surface area contributed by atoms with Gasteiger partial charge in [-0.25, -0.2) is 0 Å². The van der Waals surface area contributed by atoms with Crippen molar-refractivity contribution in [2.24, 2.45) is 4.99 Å². The zero-order valence-corrected chi connectivity index (χ0v) is 9.47. The minimum atomic E-state index is 1.04. The Morgan fingerprint density at radius 1 is 1.50 bits per heavy atom. The predicted molar refractivity (Wildman–Crippen MR) is 65.7 cm³/mol. The molecule has 1 rings (SSSR count). The third-order valence-electron chi connectivity index (χ3n) is 1.91. The molecule has 2 heteroatoms. The summed E-state index contributed by atoms with van der Waals surface area (Å²) in [6.45, 7) is 7.79. The van der Waals surface area contributed by atoms with E-state index in [0.717, 1.165) is 17.0 Å². The highest BCUT2D eigenvalue weighted by molar-refractivity contribution is 8.02. The molecule has 0 unspecified atom stereocenters. The summed E-state index contributed by atoms with van der Waals surface area (Å²) in [6, 6.07) is 6.37. The molecule has 0 atom stereocenters. The molecule has 1 aromatic rings. The standard InChI is InChI=1S/C12H15NS/c1-4-10-7-8-12(14-6-3)11(9-10)13-5-2/h5-9H,3-4H2,1-2H3. The van der Waals surface area contributed by atoms with Gasteiger partial charge in [0.1, 0.15) is 0 Å².